The van der Waals surface area contributed by atoms with Gasteiger partial charge in [-0.3, -0.25) is 18.5 Å². The number of hydrogen-bond acceptors (Lipinski definition) is 4. The van der Waals surface area contributed by atoms with Crippen molar-refractivity contribution in [3.05, 3.63) is 73.7 Å². The predicted octanol–water partition coefficient (Wildman–Crippen LogP) is 1.59. The van der Waals surface area contributed by atoms with E-state index in [0.29, 0.717) is 23.7 Å². The number of nitrogens with zero attached hydrogens (tertiary/aromatic N) is 6. The fourth-order valence-corrected chi connectivity index (χ4v) is 3.54. The van der Waals surface area contributed by atoms with Gasteiger partial charge >= 0.3 is 5.69 Å². The zero-order valence-corrected chi connectivity index (χ0v) is 16.6. The minimum Gasteiger partial charge on any atom is -0.298 e. The maximum absolute atomic E-state index is 13.0. The minimum atomic E-state index is -0.405. The Morgan fingerprint density at radius 2 is 1.71 bits per heavy atom. The molecule has 0 unspecified atom stereocenters. The van der Waals surface area contributed by atoms with Crippen LogP contribution in [0.25, 0.3) is 17.1 Å². The van der Waals surface area contributed by atoms with E-state index in [1.165, 1.54) is 11.6 Å². The highest BCUT2D eigenvalue weighted by Crippen LogP contribution is 2.20. The van der Waals surface area contributed by atoms with E-state index in [9.17, 15) is 9.59 Å². The molecule has 4 aromatic rings. The highest BCUT2D eigenvalue weighted by molar-refractivity contribution is 5.73. The Morgan fingerprint density at radius 1 is 1.00 bits per heavy atom. The van der Waals surface area contributed by atoms with Crippen LogP contribution in [-0.2, 0) is 20.6 Å². The molecule has 8 heteroatoms. The van der Waals surface area contributed by atoms with Crippen LogP contribution >= 0.6 is 0 Å². The highest BCUT2D eigenvalue weighted by atomic mass is 16.2. The van der Waals surface area contributed by atoms with Gasteiger partial charge in [0.25, 0.3) is 5.56 Å². The lowest BCUT2D eigenvalue weighted by Crippen LogP contribution is -2.37. The van der Waals surface area contributed by atoms with Crippen LogP contribution in [-0.4, -0.2) is 28.5 Å². The maximum atomic E-state index is 13.0. The lowest BCUT2D eigenvalue weighted by atomic mass is 10.1. The number of aromatic nitrogens is 6. The normalized spacial score (nSPS) is 11.5. The third kappa shape index (κ3) is 2.60. The SMILES string of the molecule is Cc1cc(C)n(-c2nc3c(c(=O)n(C)c(=O)n3C)n2Cc2ccccc2C)n1. The van der Waals surface area contributed by atoms with E-state index in [-0.39, 0.29) is 5.56 Å². The Hall–Kier alpha value is -3.42. The molecule has 0 aliphatic rings. The average molecular weight is 378 g/mol. The summed E-state index contributed by atoms with van der Waals surface area (Å²) >= 11 is 0. The van der Waals surface area contributed by atoms with Gasteiger partial charge in [0.2, 0.25) is 5.95 Å². The monoisotopic (exact) mass is 378 g/mol. The second-order valence-electron chi connectivity index (χ2n) is 7.14. The molecule has 0 aliphatic heterocycles. The maximum Gasteiger partial charge on any atom is 0.332 e. The zero-order valence-electron chi connectivity index (χ0n) is 16.6. The van der Waals surface area contributed by atoms with Gasteiger partial charge in [0, 0.05) is 19.8 Å². The molecule has 144 valence electrons. The first-order valence-corrected chi connectivity index (χ1v) is 9.04. The molecule has 28 heavy (non-hydrogen) atoms. The van der Waals surface area contributed by atoms with Crippen molar-refractivity contribution >= 4 is 11.2 Å². The van der Waals surface area contributed by atoms with E-state index in [0.717, 1.165) is 27.1 Å². The molecular formula is C20H22N6O2. The summed E-state index contributed by atoms with van der Waals surface area (Å²) in [5, 5.41) is 4.54. The molecule has 1 aromatic carbocycles. The summed E-state index contributed by atoms with van der Waals surface area (Å²) in [7, 11) is 3.11. The van der Waals surface area contributed by atoms with Crippen molar-refractivity contribution in [2.24, 2.45) is 14.1 Å². The summed E-state index contributed by atoms with van der Waals surface area (Å²) in [6.45, 7) is 6.33. The number of imidazole rings is 1. The van der Waals surface area contributed by atoms with Crippen molar-refractivity contribution in [2.45, 2.75) is 27.3 Å². The Morgan fingerprint density at radius 3 is 2.36 bits per heavy atom. The van der Waals surface area contributed by atoms with Crippen molar-refractivity contribution in [3.63, 3.8) is 0 Å². The fourth-order valence-electron chi connectivity index (χ4n) is 3.54. The predicted molar refractivity (Wildman–Crippen MR) is 107 cm³/mol. The minimum absolute atomic E-state index is 0.351. The fraction of sp³-hybridized carbons (Fsp3) is 0.300. The molecule has 0 bridgehead atoms. The summed E-state index contributed by atoms with van der Waals surface area (Å²) in [4.78, 5) is 30.0. The molecule has 3 heterocycles. The van der Waals surface area contributed by atoms with Crippen molar-refractivity contribution < 1.29 is 0 Å². The summed E-state index contributed by atoms with van der Waals surface area (Å²) < 4.78 is 6.08. The largest absolute Gasteiger partial charge is 0.332 e. The molecule has 4 rings (SSSR count). The zero-order chi connectivity index (χ0) is 20.2. The second kappa shape index (κ2) is 6.33. The van der Waals surface area contributed by atoms with Gasteiger partial charge in [-0.1, -0.05) is 24.3 Å². The van der Waals surface area contributed by atoms with Crippen molar-refractivity contribution in [2.75, 3.05) is 0 Å². The molecule has 0 aliphatic carbocycles. The van der Waals surface area contributed by atoms with Gasteiger partial charge in [-0.15, -0.1) is 0 Å². The molecule has 0 amide bonds. The molecule has 0 fully saturated rings. The third-order valence-electron chi connectivity index (χ3n) is 5.12. The molecule has 0 saturated carbocycles. The van der Waals surface area contributed by atoms with E-state index in [2.05, 4.69) is 10.1 Å². The van der Waals surface area contributed by atoms with Gasteiger partial charge in [0.15, 0.2) is 11.2 Å². The Bertz CT molecular complexity index is 1340. The highest BCUT2D eigenvalue weighted by Gasteiger charge is 2.22. The molecule has 0 atom stereocenters. The third-order valence-corrected chi connectivity index (χ3v) is 5.12. The van der Waals surface area contributed by atoms with Crippen LogP contribution in [0.3, 0.4) is 0 Å². The van der Waals surface area contributed by atoms with Crippen LogP contribution in [0.5, 0.6) is 0 Å². The molecule has 0 radical (unpaired) electrons. The van der Waals surface area contributed by atoms with Crippen LogP contribution in [0.15, 0.2) is 39.9 Å². The summed E-state index contributed by atoms with van der Waals surface area (Å²) in [5.41, 5.74) is 3.91. The Kier molecular flexibility index (Phi) is 4.06. The van der Waals surface area contributed by atoms with Gasteiger partial charge in [-0.25, -0.2) is 9.48 Å². The standard InChI is InChI=1S/C20H22N6O2/c1-12-8-6-7-9-15(12)11-25-16-17(23(4)20(28)24(5)18(16)27)21-19(25)26-14(3)10-13(2)22-26/h6-10H,11H2,1-5H3. The van der Waals surface area contributed by atoms with Gasteiger partial charge in [-0.2, -0.15) is 10.1 Å². The summed E-state index contributed by atoms with van der Waals surface area (Å²) in [5.74, 6) is 0.516. The first-order valence-electron chi connectivity index (χ1n) is 9.04. The van der Waals surface area contributed by atoms with E-state index in [1.54, 1.807) is 11.7 Å². The number of hydrogen-bond donors (Lipinski definition) is 0. The van der Waals surface area contributed by atoms with Crippen LogP contribution in [0.4, 0.5) is 0 Å². The molecule has 3 aromatic heterocycles. The van der Waals surface area contributed by atoms with Crippen molar-refractivity contribution in [3.8, 4) is 5.95 Å². The topological polar surface area (TPSA) is 79.6 Å². The number of benzene rings is 1. The average Bonchev–Trinajstić information content (AvgIpc) is 3.19. The lowest BCUT2D eigenvalue weighted by Gasteiger charge is -2.12. The van der Waals surface area contributed by atoms with E-state index in [4.69, 9.17) is 0 Å². The van der Waals surface area contributed by atoms with Crippen LogP contribution < -0.4 is 11.2 Å². The summed E-state index contributed by atoms with van der Waals surface area (Å²) in [6.07, 6.45) is 0. The molecule has 0 N–H and O–H groups in total. The van der Waals surface area contributed by atoms with E-state index < -0.39 is 5.69 Å². The molecule has 0 saturated heterocycles. The van der Waals surface area contributed by atoms with Gasteiger partial charge in [0.05, 0.1) is 12.2 Å². The van der Waals surface area contributed by atoms with E-state index in [1.807, 2.05) is 55.7 Å². The first kappa shape index (κ1) is 18.0. The van der Waals surface area contributed by atoms with Crippen molar-refractivity contribution in [1.29, 1.82) is 0 Å². The second-order valence-corrected chi connectivity index (χ2v) is 7.14. The van der Waals surface area contributed by atoms with Gasteiger partial charge in [-0.05, 0) is 38.0 Å². The molecular weight excluding hydrogens is 356 g/mol. The smallest absolute Gasteiger partial charge is 0.298 e. The number of fused-ring (bicyclic) bond motifs is 1. The molecule has 0 spiro atoms. The Labute approximate surface area is 161 Å². The number of aryl methyl sites for hydroxylation is 4. The number of rotatable bonds is 3. The van der Waals surface area contributed by atoms with Crippen LogP contribution in [0.1, 0.15) is 22.5 Å². The molecule has 8 nitrogen and oxygen atoms in total. The Balaban J connectivity index is 2.11. The van der Waals surface area contributed by atoms with E-state index >= 15 is 0 Å². The lowest BCUT2D eigenvalue weighted by molar-refractivity contribution is 0.690. The van der Waals surface area contributed by atoms with Crippen molar-refractivity contribution in [1.82, 2.24) is 28.5 Å². The first-order chi connectivity index (χ1) is 13.3. The van der Waals surface area contributed by atoms with Gasteiger partial charge < -0.3 is 0 Å². The summed E-state index contributed by atoms with van der Waals surface area (Å²) in [6, 6.07) is 9.96. The van der Waals surface area contributed by atoms with Crippen LogP contribution in [0.2, 0.25) is 0 Å². The quantitative estimate of drug-likeness (QED) is 0.542. The van der Waals surface area contributed by atoms with Gasteiger partial charge in [0.1, 0.15) is 0 Å². The van der Waals surface area contributed by atoms with Crippen LogP contribution in [0, 0.1) is 20.8 Å².